The van der Waals surface area contributed by atoms with Gasteiger partial charge in [-0.1, -0.05) is 20.8 Å². The highest BCUT2D eigenvalue weighted by Crippen LogP contribution is 2.39. The van der Waals surface area contributed by atoms with Gasteiger partial charge in [-0.25, -0.2) is 0 Å². The fraction of sp³-hybridized carbons (Fsp3) is 0.944. The molecule has 1 atom stereocenters. The molecule has 0 aromatic heterocycles. The molecular weight excluding hydrogens is 260 g/mol. The second kappa shape index (κ2) is 8.17. The maximum Gasteiger partial charge on any atom is 0.239 e. The van der Waals surface area contributed by atoms with E-state index >= 15 is 0 Å². The molecule has 0 aromatic rings. The van der Waals surface area contributed by atoms with Crippen LogP contribution in [0.4, 0.5) is 0 Å². The highest BCUT2D eigenvalue weighted by atomic mass is 16.2. The summed E-state index contributed by atoms with van der Waals surface area (Å²) in [6.07, 6.45) is 5.30. The van der Waals surface area contributed by atoms with E-state index in [0.717, 1.165) is 31.5 Å². The van der Waals surface area contributed by atoms with Crippen LogP contribution < -0.4 is 5.32 Å². The molecule has 0 heterocycles. The number of carbonyl (C=O) groups excluding carboxylic acids is 1. The van der Waals surface area contributed by atoms with Crippen molar-refractivity contribution in [1.82, 2.24) is 10.2 Å². The Labute approximate surface area is 131 Å². The van der Waals surface area contributed by atoms with E-state index in [2.05, 4.69) is 26.1 Å². The van der Waals surface area contributed by atoms with Crippen molar-refractivity contribution in [1.29, 1.82) is 0 Å². The number of hydrogen-bond acceptors (Lipinski definition) is 2. The van der Waals surface area contributed by atoms with Crippen molar-refractivity contribution in [3.8, 4) is 0 Å². The Bertz CT molecular complexity index is 310. The van der Waals surface area contributed by atoms with E-state index < -0.39 is 0 Å². The normalized spacial score (nSPS) is 24.7. The molecular formula is C18H36N2O. The summed E-state index contributed by atoms with van der Waals surface area (Å²) in [5, 5.41) is 3.46. The van der Waals surface area contributed by atoms with Crippen molar-refractivity contribution in [2.45, 2.75) is 73.3 Å². The number of rotatable bonds is 6. The topological polar surface area (TPSA) is 32.3 Å². The number of likely N-dealkylation sites (N-methyl/N-ethyl adjacent to an activating group) is 1. The molecule has 0 radical (unpaired) electrons. The average Bonchev–Trinajstić information content (AvgIpc) is 2.45. The van der Waals surface area contributed by atoms with Gasteiger partial charge in [0, 0.05) is 13.1 Å². The van der Waals surface area contributed by atoms with Gasteiger partial charge in [-0.2, -0.15) is 0 Å². The molecule has 3 nitrogen and oxygen atoms in total. The second-order valence-corrected chi connectivity index (χ2v) is 7.72. The van der Waals surface area contributed by atoms with Gasteiger partial charge in [-0.3, -0.25) is 4.79 Å². The zero-order chi connectivity index (χ0) is 16.0. The quantitative estimate of drug-likeness (QED) is 0.811. The van der Waals surface area contributed by atoms with Gasteiger partial charge in [-0.15, -0.1) is 0 Å². The zero-order valence-corrected chi connectivity index (χ0v) is 15.0. The fourth-order valence-corrected chi connectivity index (χ4v) is 3.47. The second-order valence-electron chi connectivity index (χ2n) is 7.72. The van der Waals surface area contributed by atoms with E-state index in [1.165, 1.54) is 25.7 Å². The van der Waals surface area contributed by atoms with Crippen LogP contribution in [0.25, 0.3) is 0 Å². The maximum atomic E-state index is 12.2. The van der Waals surface area contributed by atoms with Crippen LogP contribution in [0.5, 0.6) is 0 Å². The molecule has 0 saturated heterocycles. The predicted molar refractivity (Wildman–Crippen MR) is 90.3 cm³/mol. The molecule has 1 N–H and O–H groups in total. The fourth-order valence-electron chi connectivity index (χ4n) is 3.47. The van der Waals surface area contributed by atoms with Crippen LogP contribution in [-0.2, 0) is 4.79 Å². The predicted octanol–water partition coefficient (Wildman–Crippen LogP) is 3.69. The third-order valence-corrected chi connectivity index (χ3v) is 5.23. The lowest BCUT2D eigenvalue weighted by Gasteiger charge is -2.37. The summed E-state index contributed by atoms with van der Waals surface area (Å²) in [7, 11) is 0. The van der Waals surface area contributed by atoms with Gasteiger partial charge < -0.3 is 10.2 Å². The van der Waals surface area contributed by atoms with Gasteiger partial charge in [0.2, 0.25) is 5.91 Å². The third-order valence-electron chi connectivity index (χ3n) is 5.23. The van der Waals surface area contributed by atoms with Crippen molar-refractivity contribution in [2.24, 2.45) is 17.3 Å². The summed E-state index contributed by atoms with van der Waals surface area (Å²) in [6.45, 7) is 15.8. The van der Waals surface area contributed by atoms with Crippen LogP contribution >= 0.6 is 0 Å². The van der Waals surface area contributed by atoms with E-state index in [4.69, 9.17) is 0 Å². The Morgan fingerprint density at radius 1 is 1.14 bits per heavy atom. The lowest BCUT2D eigenvalue weighted by molar-refractivity contribution is -0.132. The molecule has 3 heteroatoms. The summed E-state index contributed by atoms with van der Waals surface area (Å²) in [5.74, 6) is 1.85. The molecule has 0 bridgehead atoms. The van der Waals surface area contributed by atoms with Crippen molar-refractivity contribution >= 4 is 5.91 Å². The summed E-state index contributed by atoms with van der Waals surface area (Å²) in [4.78, 5) is 14.1. The van der Waals surface area contributed by atoms with E-state index in [1.54, 1.807) is 0 Å². The van der Waals surface area contributed by atoms with Crippen LogP contribution in [0.1, 0.15) is 67.2 Å². The summed E-state index contributed by atoms with van der Waals surface area (Å²) in [6, 6.07) is -0.0507. The Kier molecular flexibility index (Phi) is 7.19. The zero-order valence-electron chi connectivity index (χ0n) is 15.0. The number of nitrogens with one attached hydrogen (secondary N) is 1. The first-order valence-corrected chi connectivity index (χ1v) is 8.81. The van der Waals surface area contributed by atoms with Gasteiger partial charge in [-0.05, 0) is 70.3 Å². The molecule has 1 aliphatic rings. The monoisotopic (exact) mass is 296 g/mol. The highest BCUT2D eigenvalue weighted by molar-refractivity contribution is 5.81. The largest absolute Gasteiger partial charge is 0.342 e. The first-order chi connectivity index (χ1) is 9.79. The molecule has 1 saturated carbocycles. The van der Waals surface area contributed by atoms with Crippen LogP contribution in [0.2, 0.25) is 0 Å². The summed E-state index contributed by atoms with van der Waals surface area (Å²) >= 11 is 0. The lowest BCUT2D eigenvalue weighted by Crippen LogP contribution is -2.46. The standard InChI is InChI=1S/C18H36N2O/c1-7-20(8-2)17(21)14(3)19-13-15-9-11-16(12-10-15)18(4,5)6/h14-16,19H,7-13H2,1-6H3. The Balaban J connectivity index is 2.32. The molecule has 1 unspecified atom stereocenters. The number of carbonyl (C=O) groups is 1. The Morgan fingerprint density at radius 3 is 2.10 bits per heavy atom. The van der Waals surface area contributed by atoms with Crippen LogP contribution in [0.3, 0.4) is 0 Å². The molecule has 1 amide bonds. The molecule has 1 rings (SSSR count). The van der Waals surface area contributed by atoms with Crippen molar-refractivity contribution < 1.29 is 4.79 Å². The minimum atomic E-state index is -0.0507. The highest BCUT2D eigenvalue weighted by Gasteiger charge is 2.30. The van der Waals surface area contributed by atoms with Crippen molar-refractivity contribution in [3.05, 3.63) is 0 Å². The smallest absolute Gasteiger partial charge is 0.239 e. The minimum Gasteiger partial charge on any atom is -0.342 e. The maximum absolute atomic E-state index is 12.2. The van der Waals surface area contributed by atoms with Gasteiger partial charge >= 0.3 is 0 Å². The SMILES string of the molecule is CCN(CC)C(=O)C(C)NCC1CCC(C(C)(C)C)CC1. The molecule has 0 aromatic carbocycles. The lowest BCUT2D eigenvalue weighted by atomic mass is 9.70. The van der Waals surface area contributed by atoms with E-state index in [9.17, 15) is 4.79 Å². The van der Waals surface area contributed by atoms with Crippen molar-refractivity contribution in [3.63, 3.8) is 0 Å². The number of amides is 1. The average molecular weight is 296 g/mol. The van der Waals surface area contributed by atoms with Gasteiger partial charge in [0.1, 0.15) is 0 Å². The Hall–Kier alpha value is -0.570. The van der Waals surface area contributed by atoms with E-state index in [0.29, 0.717) is 5.41 Å². The van der Waals surface area contributed by atoms with Gasteiger partial charge in [0.05, 0.1) is 6.04 Å². The van der Waals surface area contributed by atoms with E-state index in [-0.39, 0.29) is 11.9 Å². The third kappa shape index (κ3) is 5.61. The first kappa shape index (κ1) is 18.5. The molecule has 1 aliphatic carbocycles. The Morgan fingerprint density at radius 2 is 1.67 bits per heavy atom. The summed E-state index contributed by atoms with van der Waals surface area (Å²) in [5.41, 5.74) is 0.449. The molecule has 21 heavy (non-hydrogen) atoms. The number of hydrogen-bond donors (Lipinski definition) is 1. The molecule has 124 valence electrons. The molecule has 1 fully saturated rings. The summed E-state index contributed by atoms with van der Waals surface area (Å²) < 4.78 is 0. The van der Waals surface area contributed by atoms with Gasteiger partial charge in [0.25, 0.3) is 0 Å². The number of nitrogens with zero attached hydrogens (tertiary/aromatic N) is 1. The van der Waals surface area contributed by atoms with E-state index in [1.807, 2.05) is 25.7 Å². The molecule has 0 aliphatic heterocycles. The minimum absolute atomic E-state index is 0.0507. The first-order valence-electron chi connectivity index (χ1n) is 8.81. The van der Waals surface area contributed by atoms with Crippen LogP contribution in [-0.4, -0.2) is 36.5 Å². The van der Waals surface area contributed by atoms with Crippen molar-refractivity contribution in [2.75, 3.05) is 19.6 Å². The van der Waals surface area contributed by atoms with Gasteiger partial charge in [0.15, 0.2) is 0 Å². The molecule has 0 spiro atoms. The van der Waals surface area contributed by atoms with Crippen LogP contribution in [0.15, 0.2) is 0 Å². The van der Waals surface area contributed by atoms with Crippen LogP contribution in [0, 0.1) is 17.3 Å².